The van der Waals surface area contributed by atoms with E-state index in [9.17, 15) is 26.4 Å². The Labute approximate surface area is 187 Å². The summed E-state index contributed by atoms with van der Waals surface area (Å²) in [5.41, 5.74) is 2.62. The van der Waals surface area contributed by atoms with Crippen LogP contribution in [0.1, 0.15) is 16.7 Å². The molecule has 172 valence electrons. The predicted octanol–water partition coefficient (Wildman–Crippen LogP) is 3.60. The number of alkyl halides is 3. The molecule has 33 heavy (non-hydrogen) atoms. The van der Waals surface area contributed by atoms with E-state index in [1.807, 2.05) is 30.3 Å². The maximum Gasteiger partial charge on any atom is 0.417 e. The van der Waals surface area contributed by atoms with Gasteiger partial charge in [-0.1, -0.05) is 30.3 Å². The van der Waals surface area contributed by atoms with Crippen molar-refractivity contribution in [1.29, 1.82) is 0 Å². The number of carbonyl (C=O) groups excluding carboxylic acids is 1. The molecule has 1 N–H and O–H groups in total. The Hall–Kier alpha value is -3.73. The highest BCUT2D eigenvalue weighted by Gasteiger charge is 2.31. The van der Waals surface area contributed by atoms with Gasteiger partial charge in [0.25, 0.3) is 5.91 Å². The van der Waals surface area contributed by atoms with Gasteiger partial charge in [-0.15, -0.1) is 0 Å². The van der Waals surface area contributed by atoms with Gasteiger partial charge in [0.1, 0.15) is 18.1 Å². The van der Waals surface area contributed by atoms with Crippen molar-refractivity contribution in [3.8, 4) is 5.75 Å². The Bertz CT molecular complexity index is 1210. The number of carbonyl (C=O) groups is 1. The van der Waals surface area contributed by atoms with Gasteiger partial charge in [0.05, 0.1) is 11.8 Å². The third-order valence-corrected chi connectivity index (χ3v) is 5.76. The fraction of sp³-hybridized carbons (Fsp3) is 0.136. The quantitative estimate of drug-likeness (QED) is 0.395. The summed E-state index contributed by atoms with van der Waals surface area (Å²) in [7, 11) is -4.23. The molecule has 0 fully saturated rings. The van der Waals surface area contributed by atoms with Crippen LogP contribution in [0.5, 0.6) is 5.75 Å². The number of halogens is 3. The Morgan fingerprint density at radius 1 is 1.03 bits per heavy atom. The molecule has 3 aromatic rings. The number of amides is 1. The third kappa shape index (κ3) is 7.14. The third-order valence-electron chi connectivity index (χ3n) is 4.23. The van der Waals surface area contributed by atoms with Crippen LogP contribution in [0.4, 0.5) is 13.2 Å². The number of nitrogens with zero attached hydrogens (tertiary/aromatic N) is 2. The lowest BCUT2D eigenvalue weighted by molar-refractivity contribution is -0.137. The Morgan fingerprint density at radius 3 is 2.33 bits per heavy atom. The van der Waals surface area contributed by atoms with Crippen molar-refractivity contribution in [2.45, 2.75) is 17.8 Å². The zero-order valence-corrected chi connectivity index (χ0v) is 17.8. The van der Waals surface area contributed by atoms with Crippen LogP contribution in [-0.2, 0) is 27.4 Å². The van der Waals surface area contributed by atoms with Gasteiger partial charge in [-0.05, 0) is 47.5 Å². The molecule has 2 aromatic carbocycles. The molecule has 0 saturated carbocycles. The number of ether oxygens (including phenoxy) is 1. The SMILES string of the molecule is O=C(CS(=O)(=O)c1ccc(C(F)(F)F)cn1)NN=Cc1ccc(OCc2ccccc2)cc1. The first kappa shape index (κ1) is 23.9. The van der Waals surface area contributed by atoms with E-state index >= 15 is 0 Å². The monoisotopic (exact) mass is 477 g/mol. The van der Waals surface area contributed by atoms with Crippen LogP contribution in [0.2, 0.25) is 0 Å². The van der Waals surface area contributed by atoms with Crippen molar-refractivity contribution in [2.75, 3.05) is 5.75 Å². The van der Waals surface area contributed by atoms with E-state index in [2.05, 4.69) is 15.5 Å². The zero-order chi connectivity index (χ0) is 23.9. The second-order valence-corrected chi connectivity index (χ2v) is 8.71. The van der Waals surface area contributed by atoms with E-state index in [4.69, 9.17) is 4.74 Å². The highest BCUT2D eigenvalue weighted by atomic mass is 32.2. The van der Waals surface area contributed by atoms with Crippen molar-refractivity contribution >= 4 is 22.0 Å². The first-order valence-electron chi connectivity index (χ1n) is 9.48. The minimum atomic E-state index is -4.65. The minimum Gasteiger partial charge on any atom is -0.489 e. The lowest BCUT2D eigenvalue weighted by Gasteiger charge is -2.07. The molecule has 0 saturated heterocycles. The summed E-state index contributed by atoms with van der Waals surface area (Å²) in [6.07, 6.45) is -2.94. The van der Waals surface area contributed by atoms with Crippen LogP contribution in [0.25, 0.3) is 0 Å². The van der Waals surface area contributed by atoms with Crippen LogP contribution < -0.4 is 10.2 Å². The van der Waals surface area contributed by atoms with E-state index < -0.39 is 38.3 Å². The number of rotatable bonds is 8. The minimum absolute atomic E-state index is 0.399. The molecule has 0 bridgehead atoms. The van der Waals surface area contributed by atoms with Crippen LogP contribution >= 0.6 is 0 Å². The second kappa shape index (κ2) is 10.3. The van der Waals surface area contributed by atoms with Crippen LogP contribution in [0.3, 0.4) is 0 Å². The van der Waals surface area contributed by atoms with Gasteiger partial charge in [0.2, 0.25) is 9.84 Å². The molecule has 1 heterocycles. The highest BCUT2D eigenvalue weighted by Crippen LogP contribution is 2.28. The van der Waals surface area contributed by atoms with Crippen LogP contribution in [-0.4, -0.2) is 31.3 Å². The molecule has 0 aliphatic carbocycles. The molecule has 11 heteroatoms. The normalized spacial score (nSPS) is 12.0. The maximum absolute atomic E-state index is 12.6. The van der Waals surface area contributed by atoms with E-state index in [1.54, 1.807) is 24.3 Å². The molecule has 0 unspecified atom stereocenters. The summed E-state index contributed by atoms with van der Waals surface area (Å²) in [6, 6.07) is 17.7. The molecule has 0 radical (unpaired) electrons. The lowest BCUT2D eigenvalue weighted by Crippen LogP contribution is -2.27. The number of pyridine rings is 1. The van der Waals surface area contributed by atoms with Gasteiger partial charge in [0, 0.05) is 6.20 Å². The standard InChI is InChI=1S/C22H18F3N3O4S/c23-22(24,25)18-8-11-21(26-13-18)33(30,31)15-20(29)28-27-12-16-6-9-19(10-7-16)32-14-17-4-2-1-3-5-17/h1-13H,14-15H2,(H,28,29). The topological polar surface area (TPSA) is 97.7 Å². The fourth-order valence-electron chi connectivity index (χ4n) is 2.58. The first-order valence-corrected chi connectivity index (χ1v) is 11.1. The summed E-state index contributed by atoms with van der Waals surface area (Å²) in [5.74, 6) is -1.35. The maximum atomic E-state index is 12.6. The van der Waals surface area contributed by atoms with Gasteiger partial charge in [-0.25, -0.2) is 18.8 Å². The predicted molar refractivity (Wildman–Crippen MR) is 114 cm³/mol. The van der Waals surface area contributed by atoms with Crippen LogP contribution in [0.15, 0.2) is 83.1 Å². The van der Waals surface area contributed by atoms with Crippen molar-refractivity contribution in [2.24, 2.45) is 5.10 Å². The van der Waals surface area contributed by atoms with E-state index in [0.717, 1.165) is 5.56 Å². The molecule has 0 aliphatic rings. The highest BCUT2D eigenvalue weighted by molar-refractivity contribution is 7.92. The van der Waals surface area contributed by atoms with E-state index in [-0.39, 0.29) is 0 Å². The van der Waals surface area contributed by atoms with Crippen molar-refractivity contribution in [3.63, 3.8) is 0 Å². The fourth-order valence-corrected chi connectivity index (χ4v) is 3.63. The van der Waals surface area contributed by atoms with Crippen molar-refractivity contribution in [3.05, 3.63) is 89.6 Å². The molecular formula is C22H18F3N3O4S. The zero-order valence-electron chi connectivity index (χ0n) is 17.0. The number of aromatic nitrogens is 1. The summed E-state index contributed by atoms with van der Waals surface area (Å²) < 4.78 is 67.7. The number of nitrogens with one attached hydrogen (secondary N) is 1. The number of hydrogen-bond donors (Lipinski definition) is 1. The Balaban J connectivity index is 1.51. The summed E-state index contributed by atoms with van der Waals surface area (Å²) in [6.45, 7) is 0.409. The average molecular weight is 477 g/mol. The molecule has 1 aromatic heterocycles. The summed E-state index contributed by atoms with van der Waals surface area (Å²) >= 11 is 0. The smallest absolute Gasteiger partial charge is 0.417 e. The lowest BCUT2D eigenvalue weighted by atomic mass is 10.2. The largest absolute Gasteiger partial charge is 0.489 e. The Morgan fingerprint density at radius 2 is 1.73 bits per heavy atom. The molecule has 7 nitrogen and oxygen atoms in total. The molecular weight excluding hydrogens is 459 g/mol. The van der Waals surface area contributed by atoms with Crippen molar-refractivity contribution < 1.29 is 31.1 Å². The van der Waals surface area contributed by atoms with Gasteiger partial charge in [-0.3, -0.25) is 4.79 Å². The number of sulfone groups is 1. The molecule has 0 atom stereocenters. The van der Waals surface area contributed by atoms with Gasteiger partial charge in [-0.2, -0.15) is 18.3 Å². The molecule has 0 aliphatic heterocycles. The average Bonchev–Trinajstić information content (AvgIpc) is 2.78. The second-order valence-electron chi connectivity index (χ2n) is 6.78. The summed E-state index contributed by atoms with van der Waals surface area (Å²) in [5, 5.41) is 3.05. The van der Waals surface area contributed by atoms with E-state index in [0.29, 0.717) is 36.2 Å². The number of benzene rings is 2. The molecule has 0 spiro atoms. The van der Waals surface area contributed by atoms with Crippen molar-refractivity contribution in [1.82, 2.24) is 10.4 Å². The first-order chi connectivity index (χ1) is 15.6. The Kier molecular flexibility index (Phi) is 7.44. The van der Waals surface area contributed by atoms with Gasteiger partial charge >= 0.3 is 6.18 Å². The molecule has 3 rings (SSSR count). The molecule has 1 amide bonds. The number of hydrogen-bond acceptors (Lipinski definition) is 6. The summed E-state index contributed by atoms with van der Waals surface area (Å²) in [4.78, 5) is 15.2. The van der Waals surface area contributed by atoms with Gasteiger partial charge in [0.15, 0.2) is 5.03 Å². The van der Waals surface area contributed by atoms with E-state index in [1.165, 1.54) is 6.21 Å². The van der Waals surface area contributed by atoms with Gasteiger partial charge < -0.3 is 4.74 Å². The van der Waals surface area contributed by atoms with Crippen LogP contribution in [0, 0.1) is 0 Å². The number of hydrazone groups is 1.